The predicted molar refractivity (Wildman–Crippen MR) is 380 cm³/mol. The first-order valence-electron chi connectivity index (χ1n) is 36.4. The number of hydrogen-bond donors (Lipinski definition) is 2. The molecule has 9 heteroatoms. The van der Waals surface area contributed by atoms with E-state index in [9.17, 15) is 19.4 Å². The van der Waals surface area contributed by atoms with Gasteiger partial charge in [0.2, 0.25) is 5.91 Å². The fourth-order valence-electron chi connectivity index (χ4n) is 10.4. The van der Waals surface area contributed by atoms with Crippen LogP contribution in [0.4, 0.5) is 0 Å². The molecule has 0 aliphatic rings. The Morgan fingerprint density at radius 2 is 0.701 bits per heavy atom. The first kappa shape index (κ1) is 83.9. The number of carbonyl (C=O) groups is 1. The molecule has 0 saturated carbocycles. The number of nitrogens with one attached hydrogen (secondary N) is 1. The molecule has 0 aromatic carbocycles. The Morgan fingerprint density at radius 1 is 0.414 bits per heavy atom. The summed E-state index contributed by atoms with van der Waals surface area (Å²) < 4.78 is 23.5. The summed E-state index contributed by atoms with van der Waals surface area (Å²) in [6.07, 6.45) is 99.9. The smallest absolute Gasteiger partial charge is 0.268 e. The lowest BCUT2D eigenvalue weighted by Gasteiger charge is -2.30. The highest BCUT2D eigenvalue weighted by Crippen LogP contribution is 2.38. The molecule has 0 bridgehead atoms. The molecular formula is C78H139N2O6P. The molecule has 0 rings (SSSR count). The number of amides is 1. The first-order valence-corrected chi connectivity index (χ1v) is 37.8. The molecule has 0 aromatic heterocycles. The van der Waals surface area contributed by atoms with E-state index < -0.39 is 20.0 Å². The standard InChI is InChI=1S/C78H139N2O6P/c1-6-8-10-12-14-16-18-20-22-24-26-28-30-32-33-34-35-36-37-38-39-40-41-42-43-44-45-46-47-48-50-52-54-56-58-60-62-64-66-68-70-72-78(82)79-76(75-86-87(83,84)85-74-73-80(3,4)5)77(81)71-69-67-65-63-61-59-57-55-53-51-49-31-29-27-25-23-21-19-17-15-13-11-9-7-2/h8,10,14,16,20,22,26,28,32-33,35-36,38-39,41-42,44-45,47-48,76-77,81H,6-7,9,11-13,15,17-19,21,23-25,27,29-31,34,37,40,43,46,49-75H2,1-5H3,(H-,79,82,83,84)/b10-8-,16-14-,22-20-,28-26-,33-32-,36-35-,39-38-,42-41-,45-44-,48-47-. The van der Waals surface area contributed by atoms with Crippen LogP contribution in [0, 0.1) is 0 Å². The van der Waals surface area contributed by atoms with E-state index in [2.05, 4.69) is 141 Å². The summed E-state index contributed by atoms with van der Waals surface area (Å²) in [6, 6.07) is -0.812. The Kier molecular flexibility index (Phi) is 64.9. The Balaban J connectivity index is 4.07. The van der Waals surface area contributed by atoms with Crippen LogP contribution in [0.2, 0.25) is 0 Å². The highest BCUT2D eigenvalue weighted by Gasteiger charge is 2.24. The minimum absolute atomic E-state index is 0.00708. The van der Waals surface area contributed by atoms with Gasteiger partial charge in [-0.1, -0.05) is 341 Å². The van der Waals surface area contributed by atoms with Gasteiger partial charge in [-0.05, 0) is 89.9 Å². The maximum atomic E-state index is 13.1. The molecule has 1 amide bonds. The fraction of sp³-hybridized carbons (Fsp3) is 0.731. The lowest BCUT2D eigenvalue weighted by atomic mass is 10.0. The second kappa shape index (κ2) is 67.3. The van der Waals surface area contributed by atoms with E-state index in [1.165, 1.54) is 180 Å². The van der Waals surface area contributed by atoms with Gasteiger partial charge in [0.1, 0.15) is 13.2 Å². The SMILES string of the molecule is CC/C=C\C/C=C\C/C=C\C/C=C\C/C=C\C/C=C\C/C=C\C/C=C\C/C=C\C/C=C\CCCCCCCCCCCCC(=O)NC(COP(=O)([O-])OCC[N+](C)(C)C)C(O)CCCCCCCCCCCCCCCCCCCCCCCCCC. The number of quaternary nitrogens is 1. The molecule has 2 N–H and O–H groups in total. The van der Waals surface area contributed by atoms with E-state index in [0.29, 0.717) is 23.9 Å². The van der Waals surface area contributed by atoms with Gasteiger partial charge in [0.15, 0.2) is 0 Å². The van der Waals surface area contributed by atoms with E-state index in [4.69, 9.17) is 9.05 Å². The minimum atomic E-state index is -4.59. The topological polar surface area (TPSA) is 108 Å². The van der Waals surface area contributed by atoms with Crippen molar-refractivity contribution in [2.24, 2.45) is 0 Å². The van der Waals surface area contributed by atoms with Crippen LogP contribution in [-0.2, 0) is 18.4 Å². The van der Waals surface area contributed by atoms with Crippen molar-refractivity contribution in [1.82, 2.24) is 5.32 Å². The van der Waals surface area contributed by atoms with Crippen molar-refractivity contribution < 1.29 is 32.9 Å². The van der Waals surface area contributed by atoms with Gasteiger partial charge in [0.25, 0.3) is 7.82 Å². The van der Waals surface area contributed by atoms with Crippen molar-refractivity contribution in [2.75, 3.05) is 40.9 Å². The van der Waals surface area contributed by atoms with E-state index in [0.717, 1.165) is 109 Å². The summed E-state index contributed by atoms with van der Waals surface area (Å²) in [7, 11) is 1.30. The number of carbonyl (C=O) groups excluding carboxylic acids is 1. The van der Waals surface area contributed by atoms with Crippen molar-refractivity contribution in [1.29, 1.82) is 0 Å². The molecule has 0 spiro atoms. The van der Waals surface area contributed by atoms with Crippen molar-refractivity contribution in [2.45, 2.75) is 328 Å². The highest BCUT2D eigenvalue weighted by molar-refractivity contribution is 7.45. The number of likely N-dealkylation sites (N-methyl/N-ethyl adjacent to an activating group) is 1. The van der Waals surface area contributed by atoms with Crippen LogP contribution in [0.3, 0.4) is 0 Å². The van der Waals surface area contributed by atoms with E-state index in [1.807, 2.05) is 21.1 Å². The third kappa shape index (κ3) is 70.2. The lowest BCUT2D eigenvalue weighted by Crippen LogP contribution is -2.46. The summed E-state index contributed by atoms with van der Waals surface area (Å²) in [5.41, 5.74) is 0. The second-order valence-electron chi connectivity index (χ2n) is 25.6. The molecule has 3 unspecified atom stereocenters. The number of unbranched alkanes of at least 4 members (excludes halogenated alkanes) is 33. The van der Waals surface area contributed by atoms with Crippen LogP contribution in [-0.4, -0.2) is 68.5 Å². The van der Waals surface area contributed by atoms with E-state index in [-0.39, 0.29) is 19.1 Å². The Morgan fingerprint density at radius 3 is 1.02 bits per heavy atom. The number of aliphatic hydroxyl groups excluding tert-OH is 1. The maximum absolute atomic E-state index is 13.1. The molecular weight excluding hydrogens is 1090 g/mol. The molecule has 87 heavy (non-hydrogen) atoms. The average Bonchev–Trinajstić information content (AvgIpc) is 3.71. The molecule has 0 aliphatic heterocycles. The van der Waals surface area contributed by atoms with Crippen molar-refractivity contribution >= 4 is 13.7 Å². The molecule has 8 nitrogen and oxygen atoms in total. The van der Waals surface area contributed by atoms with Crippen LogP contribution in [0.1, 0.15) is 316 Å². The van der Waals surface area contributed by atoms with Gasteiger partial charge in [-0.3, -0.25) is 9.36 Å². The summed E-state index contributed by atoms with van der Waals surface area (Å²) in [6.45, 7) is 4.63. The zero-order valence-corrected chi connectivity index (χ0v) is 58.3. The number of phosphoric acid groups is 1. The molecule has 0 aromatic rings. The first-order chi connectivity index (χ1) is 42.5. The zero-order chi connectivity index (χ0) is 63.4. The molecule has 0 fully saturated rings. The summed E-state index contributed by atoms with van der Waals surface area (Å²) in [5.74, 6) is -0.170. The molecule has 3 atom stereocenters. The van der Waals surface area contributed by atoms with Gasteiger partial charge in [-0.2, -0.15) is 0 Å². The van der Waals surface area contributed by atoms with Gasteiger partial charge in [0, 0.05) is 6.42 Å². The zero-order valence-electron chi connectivity index (χ0n) is 57.4. The maximum Gasteiger partial charge on any atom is 0.268 e. The second-order valence-corrected chi connectivity index (χ2v) is 27.0. The molecule has 0 saturated heterocycles. The number of nitrogens with zero attached hydrogens (tertiary/aromatic N) is 1. The normalized spacial score (nSPS) is 14.3. The quantitative estimate of drug-likeness (QED) is 0.0272. The predicted octanol–water partition coefficient (Wildman–Crippen LogP) is 23.0. The third-order valence-electron chi connectivity index (χ3n) is 16.0. The number of allylic oxidation sites excluding steroid dienone is 20. The van der Waals surface area contributed by atoms with Crippen molar-refractivity contribution in [3.8, 4) is 0 Å². The van der Waals surface area contributed by atoms with Crippen LogP contribution in [0.5, 0.6) is 0 Å². The van der Waals surface area contributed by atoms with E-state index >= 15 is 0 Å². The van der Waals surface area contributed by atoms with Crippen molar-refractivity contribution in [3.63, 3.8) is 0 Å². The van der Waals surface area contributed by atoms with Gasteiger partial charge in [0.05, 0.1) is 39.9 Å². The van der Waals surface area contributed by atoms with Gasteiger partial charge < -0.3 is 28.8 Å². The van der Waals surface area contributed by atoms with Gasteiger partial charge >= 0.3 is 0 Å². The van der Waals surface area contributed by atoms with Crippen LogP contribution in [0.25, 0.3) is 0 Å². The summed E-state index contributed by atoms with van der Waals surface area (Å²) in [4.78, 5) is 25.7. The van der Waals surface area contributed by atoms with Crippen LogP contribution < -0.4 is 10.2 Å². The number of aliphatic hydroxyl groups is 1. The summed E-state index contributed by atoms with van der Waals surface area (Å²) >= 11 is 0. The largest absolute Gasteiger partial charge is 0.756 e. The Labute approximate surface area is 539 Å². The van der Waals surface area contributed by atoms with Gasteiger partial charge in [-0.25, -0.2) is 0 Å². The lowest BCUT2D eigenvalue weighted by molar-refractivity contribution is -0.870. The molecule has 0 heterocycles. The third-order valence-corrected chi connectivity index (χ3v) is 16.9. The highest BCUT2D eigenvalue weighted by atomic mass is 31.2. The number of rotatable bonds is 66. The molecule has 0 aliphatic carbocycles. The fourth-order valence-corrected chi connectivity index (χ4v) is 11.1. The average molecular weight is 1230 g/mol. The van der Waals surface area contributed by atoms with Gasteiger partial charge in [-0.15, -0.1) is 0 Å². The minimum Gasteiger partial charge on any atom is -0.756 e. The monoisotopic (exact) mass is 1230 g/mol. The van der Waals surface area contributed by atoms with Crippen molar-refractivity contribution in [3.05, 3.63) is 122 Å². The molecule has 502 valence electrons. The Bertz CT molecular complexity index is 1840. The van der Waals surface area contributed by atoms with Crippen LogP contribution >= 0.6 is 7.82 Å². The summed E-state index contributed by atoms with van der Waals surface area (Å²) in [5, 5.41) is 14.1. The number of phosphoric ester groups is 1. The Hall–Kier alpha value is -3.10. The van der Waals surface area contributed by atoms with E-state index in [1.54, 1.807) is 0 Å². The number of hydrogen-bond acceptors (Lipinski definition) is 6. The van der Waals surface area contributed by atoms with Crippen LogP contribution in [0.15, 0.2) is 122 Å². The molecule has 0 radical (unpaired) electrons.